The van der Waals surface area contributed by atoms with E-state index in [9.17, 15) is 4.79 Å². The monoisotopic (exact) mass is 239 g/mol. The van der Waals surface area contributed by atoms with Crippen LogP contribution >= 0.6 is 0 Å². The Bertz CT molecular complexity index is 253. The van der Waals surface area contributed by atoms with Gasteiger partial charge in [-0.15, -0.1) is 0 Å². The van der Waals surface area contributed by atoms with Crippen molar-refractivity contribution in [2.75, 3.05) is 13.1 Å². The molecule has 4 heteroatoms. The summed E-state index contributed by atoms with van der Waals surface area (Å²) in [5, 5.41) is 9.81. The second-order valence-corrected chi connectivity index (χ2v) is 5.74. The van der Waals surface area contributed by atoms with Crippen LogP contribution in [0.2, 0.25) is 0 Å². The molecule has 1 heterocycles. The lowest BCUT2D eigenvalue weighted by molar-refractivity contribution is -0.124. The van der Waals surface area contributed by atoms with E-state index in [4.69, 9.17) is 0 Å². The summed E-state index contributed by atoms with van der Waals surface area (Å²) in [6.45, 7) is 6.05. The van der Waals surface area contributed by atoms with Crippen molar-refractivity contribution in [3.63, 3.8) is 0 Å². The summed E-state index contributed by atoms with van der Waals surface area (Å²) in [7, 11) is 0. The molecule has 1 saturated carbocycles. The van der Waals surface area contributed by atoms with Crippen LogP contribution in [0, 0.1) is 5.92 Å². The summed E-state index contributed by atoms with van der Waals surface area (Å²) in [5.41, 5.74) is 0. The molecule has 2 fully saturated rings. The minimum Gasteiger partial charge on any atom is -0.352 e. The molecular formula is C13H25N3O. The zero-order chi connectivity index (χ0) is 12.3. The van der Waals surface area contributed by atoms with Gasteiger partial charge < -0.3 is 16.0 Å². The predicted octanol–water partition coefficient (Wildman–Crippen LogP) is 0.631. The van der Waals surface area contributed by atoms with Crippen molar-refractivity contribution in [3.05, 3.63) is 0 Å². The first-order valence-electron chi connectivity index (χ1n) is 6.92. The quantitative estimate of drug-likeness (QED) is 0.662. The standard InChI is InChI=1S/C13H25N3O/c1-9-3-5-11(6-4-9)16-13(17)12-8-14-10(2)7-15-12/h9-12,14-15H,3-8H2,1-2H3,(H,16,17). The maximum absolute atomic E-state index is 12.0. The predicted molar refractivity (Wildman–Crippen MR) is 68.8 cm³/mol. The van der Waals surface area contributed by atoms with Crippen molar-refractivity contribution in [2.24, 2.45) is 5.92 Å². The maximum atomic E-state index is 12.0. The average Bonchev–Trinajstić information content (AvgIpc) is 2.33. The number of carbonyl (C=O) groups excluding carboxylic acids is 1. The maximum Gasteiger partial charge on any atom is 0.238 e. The molecule has 0 aromatic rings. The Morgan fingerprint density at radius 3 is 2.35 bits per heavy atom. The van der Waals surface area contributed by atoms with Crippen LogP contribution in [0.1, 0.15) is 39.5 Å². The van der Waals surface area contributed by atoms with E-state index >= 15 is 0 Å². The number of amides is 1. The van der Waals surface area contributed by atoms with Crippen molar-refractivity contribution in [1.82, 2.24) is 16.0 Å². The van der Waals surface area contributed by atoms with Crippen LogP contribution in [0.4, 0.5) is 0 Å². The summed E-state index contributed by atoms with van der Waals surface area (Å²) >= 11 is 0. The van der Waals surface area contributed by atoms with Crippen molar-refractivity contribution < 1.29 is 4.79 Å². The normalized spacial score (nSPS) is 38.7. The van der Waals surface area contributed by atoms with Gasteiger partial charge in [0.25, 0.3) is 0 Å². The average molecular weight is 239 g/mol. The molecule has 1 saturated heterocycles. The molecule has 98 valence electrons. The summed E-state index contributed by atoms with van der Waals surface area (Å²) in [5.74, 6) is 1.00. The Morgan fingerprint density at radius 2 is 1.76 bits per heavy atom. The van der Waals surface area contributed by atoms with Gasteiger partial charge >= 0.3 is 0 Å². The Labute approximate surface area is 104 Å². The topological polar surface area (TPSA) is 53.2 Å². The number of nitrogens with one attached hydrogen (secondary N) is 3. The van der Waals surface area contributed by atoms with E-state index in [2.05, 4.69) is 29.8 Å². The van der Waals surface area contributed by atoms with Crippen LogP contribution < -0.4 is 16.0 Å². The van der Waals surface area contributed by atoms with Gasteiger partial charge in [0.2, 0.25) is 5.91 Å². The third kappa shape index (κ3) is 3.68. The first-order valence-corrected chi connectivity index (χ1v) is 6.92. The highest BCUT2D eigenvalue weighted by molar-refractivity contribution is 5.82. The van der Waals surface area contributed by atoms with Crippen molar-refractivity contribution in [1.29, 1.82) is 0 Å². The van der Waals surface area contributed by atoms with Crippen molar-refractivity contribution >= 4 is 5.91 Å². The van der Waals surface area contributed by atoms with Gasteiger partial charge in [-0.25, -0.2) is 0 Å². The van der Waals surface area contributed by atoms with Crippen LogP contribution in [-0.4, -0.2) is 37.1 Å². The van der Waals surface area contributed by atoms with Gasteiger partial charge in [0.05, 0.1) is 6.04 Å². The first kappa shape index (κ1) is 12.8. The van der Waals surface area contributed by atoms with Gasteiger partial charge in [-0.3, -0.25) is 4.79 Å². The van der Waals surface area contributed by atoms with E-state index in [0.717, 1.165) is 31.8 Å². The molecule has 1 amide bonds. The van der Waals surface area contributed by atoms with Crippen molar-refractivity contribution in [2.45, 2.75) is 57.7 Å². The SMILES string of the molecule is CC1CCC(NC(=O)C2CNC(C)CN2)CC1. The number of hydrogen-bond acceptors (Lipinski definition) is 3. The lowest BCUT2D eigenvalue weighted by Crippen LogP contribution is -2.60. The van der Waals surface area contributed by atoms with Gasteiger partial charge in [-0.1, -0.05) is 6.92 Å². The molecule has 0 bridgehead atoms. The molecule has 3 N–H and O–H groups in total. The molecular weight excluding hydrogens is 214 g/mol. The Morgan fingerprint density at radius 1 is 1.06 bits per heavy atom. The second-order valence-electron chi connectivity index (χ2n) is 5.74. The molecule has 2 aliphatic rings. The van der Waals surface area contributed by atoms with Crippen LogP contribution in [0.3, 0.4) is 0 Å². The van der Waals surface area contributed by atoms with E-state index in [-0.39, 0.29) is 11.9 Å². The van der Waals surface area contributed by atoms with Gasteiger partial charge in [-0.2, -0.15) is 0 Å². The molecule has 1 aliphatic heterocycles. The highest BCUT2D eigenvalue weighted by Crippen LogP contribution is 2.23. The van der Waals surface area contributed by atoms with E-state index in [1.165, 1.54) is 12.8 Å². The van der Waals surface area contributed by atoms with Crippen LogP contribution in [0.5, 0.6) is 0 Å². The minimum atomic E-state index is -0.0504. The number of piperazine rings is 1. The third-order valence-electron chi connectivity index (χ3n) is 4.02. The fourth-order valence-electron chi connectivity index (χ4n) is 2.67. The molecule has 4 nitrogen and oxygen atoms in total. The largest absolute Gasteiger partial charge is 0.352 e. The van der Waals surface area contributed by atoms with Gasteiger partial charge in [0, 0.05) is 25.2 Å². The van der Waals surface area contributed by atoms with E-state index in [1.54, 1.807) is 0 Å². The summed E-state index contributed by atoms with van der Waals surface area (Å²) < 4.78 is 0. The fraction of sp³-hybridized carbons (Fsp3) is 0.923. The summed E-state index contributed by atoms with van der Waals surface area (Å²) in [6.07, 6.45) is 4.78. The van der Waals surface area contributed by atoms with Gasteiger partial charge in [0.1, 0.15) is 0 Å². The van der Waals surface area contributed by atoms with Crippen LogP contribution in [-0.2, 0) is 4.79 Å². The molecule has 2 atom stereocenters. The zero-order valence-electron chi connectivity index (χ0n) is 11.0. The van der Waals surface area contributed by atoms with Crippen LogP contribution in [0.25, 0.3) is 0 Å². The Kier molecular flexibility index (Phi) is 4.40. The molecule has 0 aromatic heterocycles. The fourth-order valence-corrected chi connectivity index (χ4v) is 2.67. The molecule has 2 rings (SSSR count). The summed E-state index contributed by atoms with van der Waals surface area (Å²) in [4.78, 5) is 12.0. The molecule has 1 aliphatic carbocycles. The first-order chi connectivity index (χ1) is 8.15. The summed E-state index contributed by atoms with van der Waals surface area (Å²) in [6, 6.07) is 0.819. The highest BCUT2D eigenvalue weighted by atomic mass is 16.2. The zero-order valence-corrected chi connectivity index (χ0v) is 11.0. The van der Waals surface area contributed by atoms with E-state index in [1.807, 2.05) is 0 Å². The number of carbonyl (C=O) groups is 1. The smallest absolute Gasteiger partial charge is 0.238 e. The van der Waals surface area contributed by atoms with E-state index in [0.29, 0.717) is 12.1 Å². The number of hydrogen-bond donors (Lipinski definition) is 3. The van der Waals surface area contributed by atoms with Gasteiger partial charge in [0.15, 0.2) is 0 Å². The third-order valence-corrected chi connectivity index (χ3v) is 4.02. The lowest BCUT2D eigenvalue weighted by atomic mass is 9.87. The molecule has 0 aromatic carbocycles. The van der Waals surface area contributed by atoms with E-state index < -0.39 is 0 Å². The molecule has 0 spiro atoms. The Balaban J connectivity index is 1.73. The van der Waals surface area contributed by atoms with Crippen LogP contribution in [0.15, 0.2) is 0 Å². The highest BCUT2D eigenvalue weighted by Gasteiger charge is 2.26. The minimum absolute atomic E-state index is 0.0504. The van der Waals surface area contributed by atoms with Gasteiger partial charge in [-0.05, 0) is 38.5 Å². The van der Waals surface area contributed by atoms with Crippen molar-refractivity contribution in [3.8, 4) is 0 Å². The second kappa shape index (κ2) is 5.83. The lowest BCUT2D eigenvalue weighted by Gasteiger charge is -2.32. The molecule has 2 unspecified atom stereocenters. The molecule has 0 radical (unpaired) electrons. The number of rotatable bonds is 2. The Hall–Kier alpha value is -0.610. The molecule has 17 heavy (non-hydrogen) atoms.